The van der Waals surface area contributed by atoms with Crippen LogP contribution in [0.2, 0.25) is 0 Å². The van der Waals surface area contributed by atoms with E-state index in [0.717, 1.165) is 21.2 Å². The molecule has 0 aliphatic carbocycles. The van der Waals surface area contributed by atoms with Crippen molar-refractivity contribution < 1.29 is 9.18 Å². The molecule has 1 heterocycles. The molecule has 76 valence electrons. The molecule has 0 aliphatic heterocycles. The molecule has 2 rings (SSSR count). The van der Waals surface area contributed by atoms with E-state index in [1.165, 1.54) is 23.5 Å². The van der Waals surface area contributed by atoms with Crippen molar-refractivity contribution in [1.82, 2.24) is 0 Å². The van der Waals surface area contributed by atoms with E-state index in [2.05, 4.69) is 15.9 Å². The van der Waals surface area contributed by atoms with Gasteiger partial charge in [-0.05, 0) is 39.7 Å². The van der Waals surface area contributed by atoms with Gasteiger partial charge in [-0.15, -0.1) is 11.3 Å². The van der Waals surface area contributed by atoms with Crippen LogP contribution in [0, 0.1) is 5.82 Å². The number of hydrogen-bond acceptors (Lipinski definition) is 2. The van der Waals surface area contributed by atoms with E-state index in [9.17, 15) is 9.18 Å². The van der Waals surface area contributed by atoms with Crippen LogP contribution in [-0.4, -0.2) is 6.29 Å². The Balaban J connectivity index is 2.48. The van der Waals surface area contributed by atoms with Gasteiger partial charge in [-0.2, -0.15) is 0 Å². The Hall–Kier alpha value is -1.00. The van der Waals surface area contributed by atoms with Crippen molar-refractivity contribution in [1.29, 1.82) is 0 Å². The zero-order valence-electron chi connectivity index (χ0n) is 7.54. The molecule has 0 saturated heterocycles. The largest absolute Gasteiger partial charge is 0.297 e. The zero-order chi connectivity index (χ0) is 10.8. The van der Waals surface area contributed by atoms with Crippen LogP contribution in [0.3, 0.4) is 0 Å². The molecule has 1 nitrogen and oxygen atoms in total. The second kappa shape index (κ2) is 4.24. The minimum absolute atomic E-state index is 0.262. The molecule has 4 heteroatoms. The Bertz CT molecular complexity index is 490. The van der Waals surface area contributed by atoms with Gasteiger partial charge < -0.3 is 0 Å². The SMILES string of the molecule is O=Cc1cc(Br)c(-c2ccc(F)cc2)s1. The van der Waals surface area contributed by atoms with E-state index in [-0.39, 0.29) is 5.82 Å². The number of aldehydes is 1. The number of halogens is 2. The summed E-state index contributed by atoms with van der Waals surface area (Å²) >= 11 is 4.75. The standard InChI is InChI=1S/C11H6BrFOS/c12-10-5-9(6-14)15-11(10)7-1-3-8(13)4-2-7/h1-6H. The topological polar surface area (TPSA) is 17.1 Å². The molecule has 0 fully saturated rings. The first-order valence-corrected chi connectivity index (χ1v) is 5.82. The summed E-state index contributed by atoms with van der Waals surface area (Å²) in [6, 6.07) is 7.96. The molecular formula is C11H6BrFOS. The number of carbonyl (C=O) groups is 1. The molecule has 0 amide bonds. The molecule has 0 spiro atoms. The lowest BCUT2D eigenvalue weighted by atomic mass is 10.2. The van der Waals surface area contributed by atoms with Crippen LogP contribution in [0.1, 0.15) is 9.67 Å². The van der Waals surface area contributed by atoms with Crippen molar-refractivity contribution in [2.24, 2.45) is 0 Å². The van der Waals surface area contributed by atoms with Gasteiger partial charge in [0.15, 0.2) is 6.29 Å². The van der Waals surface area contributed by atoms with Crippen molar-refractivity contribution in [3.63, 3.8) is 0 Å². The van der Waals surface area contributed by atoms with Gasteiger partial charge in [0.05, 0.1) is 4.88 Å². The average molecular weight is 285 g/mol. The summed E-state index contributed by atoms with van der Waals surface area (Å²) in [5.41, 5.74) is 0.904. The lowest BCUT2D eigenvalue weighted by Gasteiger charge is -1.97. The van der Waals surface area contributed by atoms with E-state index in [4.69, 9.17) is 0 Å². The Labute approximate surface area is 98.7 Å². The summed E-state index contributed by atoms with van der Waals surface area (Å²) < 4.78 is 13.6. The van der Waals surface area contributed by atoms with Gasteiger partial charge in [-0.25, -0.2) is 4.39 Å². The number of carbonyl (C=O) groups excluding carboxylic acids is 1. The van der Waals surface area contributed by atoms with Crippen LogP contribution >= 0.6 is 27.3 Å². The normalized spacial score (nSPS) is 10.3. The molecule has 0 saturated carbocycles. The maximum Gasteiger partial charge on any atom is 0.160 e. The fraction of sp³-hybridized carbons (Fsp3) is 0. The maximum absolute atomic E-state index is 12.7. The Morgan fingerprint density at radius 3 is 2.47 bits per heavy atom. The average Bonchev–Trinajstić information content (AvgIpc) is 2.61. The third-order valence-corrected chi connectivity index (χ3v) is 3.93. The highest BCUT2D eigenvalue weighted by atomic mass is 79.9. The van der Waals surface area contributed by atoms with Gasteiger partial charge in [0.2, 0.25) is 0 Å². The molecule has 0 aliphatic rings. The van der Waals surface area contributed by atoms with Crippen molar-refractivity contribution >= 4 is 33.6 Å². The number of benzene rings is 1. The molecule has 0 bridgehead atoms. The van der Waals surface area contributed by atoms with E-state index in [0.29, 0.717) is 4.88 Å². The molecule has 15 heavy (non-hydrogen) atoms. The summed E-state index contributed by atoms with van der Waals surface area (Å²) in [5.74, 6) is -0.262. The fourth-order valence-corrected chi connectivity index (χ4v) is 2.98. The van der Waals surface area contributed by atoms with Gasteiger partial charge in [0, 0.05) is 9.35 Å². The molecule has 0 radical (unpaired) electrons. The van der Waals surface area contributed by atoms with Gasteiger partial charge in [0.25, 0.3) is 0 Å². The molecule has 0 atom stereocenters. The lowest BCUT2D eigenvalue weighted by molar-refractivity contribution is 0.112. The van der Waals surface area contributed by atoms with E-state index >= 15 is 0 Å². The van der Waals surface area contributed by atoms with Gasteiger partial charge >= 0.3 is 0 Å². The minimum atomic E-state index is -0.262. The Kier molecular flexibility index (Phi) is 2.98. The summed E-state index contributed by atoms with van der Waals surface area (Å²) in [6.45, 7) is 0. The van der Waals surface area contributed by atoms with Crippen molar-refractivity contribution in [3.05, 3.63) is 45.5 Å². The third kappa shape index (κ3) is 2.16. The third-order valence-electron chi connectivity index (χ3n) is 1.93. The highest BCUT2D eigenvalue weighted by Gasteiger charge is 2.08. The van der Waals surface area contributed by atoms with E-state index in [1.54, 1.807) is 18.2 Å². The van der Waals surface area contributed by atoms with Crippen LogP contribution < -0.4 is 0 Å². The number of rotatable bonds is 2. The summed E-state index contributed by atoms with van der Waals surface area (Å²) in [4.78, 5) is 12.2. The van der Waals surface area contributed by atoms with Crippen LogP contribution in [0.5, 0.6) is 0 Å². The molecule has 1 aromatic carbocycles. The zero-order valence-corrected chi connectivity index (χ0v) is 9.94. The second-order valence-corrected chi connectivity index (χ2v) is 4.89. The van der Waals surface area contributed by atoms with Crippen molar-refractivity contribution in [3.8, 4) is 10.4 Å². The summed E-state index contributed by atoms with van der Waals surface area (Å²) in [5, 5.41) is 0. The smallest absolute Gasteiger partial charge is 0.160 e. The molecule has 0 N–H and O–H groups in total. The number of thiophene rings is 1. The molecule has 2 aromatic rings. The highest BCUT2D eigenvalue weighted by molar-refractivity contribution is 9.10. The van der Waals surface area contributed by atoms with Crippen LogP contribution in [0.25, 0.3) is 10.4 Å². The Morgan fingerprint density at radius 1 is 1.27 bits per heavy atom. The van der Waals surface area contributed by atoms with Crippen molar-refractivity contribution in [2.45, 2.75) is 0 Å². The van der Waals surface area contributed by atoms with Gasteiger partial charge in [-0.1, -0.05) is 12.1 Å². The minimum Gasteiger partial charge on any atom is -0.297 e. The predicted octanol–water partition coefficient (Wildman–Crippen LogP) is 4.13. The lowest BCUT2D eigenvalue weighted by Crippen LogP contribution is -1.75. The summed E-state index contributed by atoms with van der Waals surface area (Å²) in [6.07, 6.45) is 0.808. The van der Waals surface area contributed by atoms with Crippen LogP contribution in [0.4, 0.5) is 4.39 Å². The summed E-state index contributed by atoms with van der Waals surface area (Å²) in [7, 11) is 0. The van der Waals surface area contributed by atoms with Gasteiger partial charge in [-0.3, -0.25) is 4.79 Å². The maximum atomic E-state index is 12.7. The molecule has 0 unspecified atom stereocenters. The van der Waals surface area contributed by atoms with E-state index < -0.39 is 0 Å². The molecule has 1 aromatic heterocycles. The highest BCUT2D eigenvalue weighted by Crippen LogP contribution is 2.35. The first kappa shape index (κ1) is 10.5. The molecular weight excluding hydrogens is 279 g/mol. The van der Waals surface area contributed by atoms with Crippen LogP contribution in [0.15, 0.2) is 34.8 Å². The van der Waals surface area contributed by atoms with Crippen molar-refractivity contribution in [2.75, 3.05) is 0 Å². The van der Waals surface area contributed by atoms with Gasteiger partial charge in [0.1, 0.15) is 5.82 Å². The second-order valence-electron chi connectivity index (χ2n) is 2.95. The van der Waals surface area contributed by atoms with Crippen LogP contribution in [-0.2, 0) is 0 Å². The monoisotopic (exact) mass is 284 g/mol. The first-order valence-electron chi connectivity index (χ1n) is 4.21. The predicted molar refractivity (Wildman–Crippen MR) is 62.8 cm³/mol. The number of hydrogen-bond donors (Lipinski definition) is 0. The van der Waals surface area contributed by atoms with E-state index in [1.807, 2.05) is 0 Å². The Morgan fingerprint density at radius 2 is 1.93 bits per heavy atom. The first-order chi connectivity index (χ1) is 7.20. The quantitative estimate of drug-likeness (QED) is 0.758. The fourth-order valence-electron chi connectivity index (χ4n) is 1.24.